The van der Waals surface area contributed by atoms with Gasteiger partial charge in [0.2, 0.25) is 0 Å². The van der Waals surface area contributed by atoms with Crippen molar-refractivity contribution in [1.29, 1.82) is 0 Å². The standard InChI is InChI=1S/C8H14OS2/c1-6-5-10-7-3-2-4-8(7,9)11-6/h6-7,9H,2-5H2,1H3. The summed E-state index contributed by atoms with van der Waals surface area (Å²) < 4.78 is 0. The van der Waals surface area contributed by atoms with E-state index in [9.17, 15) is 5.11 Å². The fourth-order valence-electron chi connectivity index (χ4n) is 1.91. The summed E-state index contributed by atoms with van der Waals surface area (Å²) in [5.41, 5.74) is 0. The lowest BCUT2D eigenvalue weighted by molar-refractivity contribution is 0.149. The van der Waals surface area contributed by atoms with Crippen molar-refractivity contribution >= 4 is 23.5 Å². The molecule has 1 aliphatic carbocycles. The lowest BCUT2D eigenvalue weighted by Crippen LogP contribution is -2.38. The predicted molar refractivity (Wildman–Crippen MR) is 52.1 cm³/mol. The molecule has 0 radical (unpaired) electrons. The van der Waals surface area contributed by atoms with Crippen LogP contribution in [0.3, 0.4) is 0 Å². The van der Waals surface area contributed by atoms with Gasteiger partial charge in [-0.05, 0) is 19.3 Å². The number of fused-ring (bicyclic) bond motifs is 1. The van der Waals surface area contributed by atoms with Crippen molar-refractivity contribution in [2.75, 3.05) is 5.75 Å². The molecule has 0 aromatic rings. The van der Waals surface area contributed by atoms with E-state index < -0.39 is 0 Å². The third-order valence-corrected chi connectivity index (χ3v) is 5.99. The third kappa shape index (κ3) is 1.43. The monoisotopic (exact) mass is 190 g/mol. The van der Waals surface area contributed by atoms with Crippen LogP contribution in [-0.4, -0.2) is 26.3 Å². The molecule has 0 aromatic heterocycles. The van der Waals surface area contributed by atoms with Gasteiger partial charge in [0.05, 0.1) is 0 Å². The predicted octanol–water partition coefficient (Wildman–Crippen LogP) is 2.10. The van der Waals surface area contributed by atoms with E-state index >= 15 is 0 Å². The largest absolute Gasteiger partial charge is 0.378 e. The van der Waals surface area contributed by atoms with Gasteiger partial charge in [0, 0.05) is 16.3 Å². The second-order valence-electron chi connectivity index (χ2n) is 3.49. The van der Waals surface area contributed by atoms with Crippen LogP contribution < -0.4 is 0 Å². The van der Waals surface area contributed by atoms with Crippen molar-refractivity contribution in [3.8, 4) is 0 Å². The fraction of sp³-hybridized carbons (Fsp3) is 1.00. The maximum absolute atomic E-state index is 10.1. The molecule has 3 heteroatoms. The quantitative estimate of drug-likeness (QED) is 0.631. The van der Waals surface area contributed by atoms with Crippen LogP contribution in [0.25, 0.3) is 0 Å². The Kier molecular flexibility index (Phi) is 2.15. The molecule has 1 N–H and O–H groups in total. The molecule has 0 amide bonds. The molecule has 2 rings (SSSR count). The van der Waals surface area contributed by atoms with Crippen LogP contribution in [0.2, 0.25) is 0 Å². The lowest BCUT2D eigenvalue weighted by Gasteiger charge is -2.36. The Morgan fingerprint density at radius 1 is 1.55 bits per heavy atom. The molecule has 1 heterocycles. The molecule has 0 bridgehead atoms. The zero-order valence-corrected chi connectivity index (χ0v) is 8.38. The van der Waals surface area contributed by atoms with Crippen LogP contribution in [0.15, 0.2) is 0 Å². The van der Waals surface area contributed by atoms with E-state index in [1.54, 1.807) is 11.8 Å². The maximum atomic E-state index is 10.1. The topological polar surface area (TPSA) is 20.2 Å². The summed E-state index contributed by atoms with van der Waals surface area (Å²) in [4.78, 5) is -0.359. The SMILES string of the molecule is CC1CSC2CCCC2(O)S1. The van der Waals surface area contributed by atoms with E-state index in [-0.39, 0.29) is 4.93 Å². The second-order valence-corrected chi connectivity index (χ2v) is 6.47. The zero-order chi connectivity index (χ0) is 7.90. The summed E-state index contributed by atoms with van der Waals surface area (Å²) in [6.07, 6.45) is 3.45. The van der Waals surface area contributed by atoms with Crippen molar-refractivity contribution in [1.82, 2.24) is 0 Å². The molecule has 1 nitrogen and oxygen atoms in total. The highest BCUT2D eigenvalue weighted by Gasteiger charge is 2.45. The van der Waals surface area contributed by atoms with Gasteiger partial charge in [0.1, 0.15) is 4.93 Å². The highest BCUT2D eigenvalue weighted by Crippen LogP contribution is 2.51. The molecular weight excluding hydrogens is 176 g/mol. The number of hydrogen-bond donors (Lipinski definition) is 1. The van der Waals surface area contributed by atoms with Crippen molar-refractivity contribution in [3.63, 3.8) is 0 Å². The Hall–Kier alpha value is 0.660. The summed E-state index contributed by atoms with van der Waals surface area (Å²) in [5.74, 6) is 1.22. The van der Waals surface area contributed by atoms with Crippen LogP contribution in [-0.2, 0) is 0 Å². The van der Waals surface area contributed by atoms with Gasteiger partial charge in [0.25, 0.3) is 0 Å². The summed E-state index contributed by atoms with van der Waals surface area (Å²) in [5, 5.41) is 11.3. The van der Waals surface area contributed by atoms with Crippen molar-refractivity contribution in [3.05, 3.63) is 0 Å². The number of hydrogen-bond acceptors (Lipinski definition) is 3. The van der Waals surface area contributed by atoms with E-state index in [0.29, 0.717) is 10.5 Å². The van der Waals surface area contributed by atoms with Gasteiger partial charge in [-0.1, -0.05) is 6.92 Å². The molecule has 0 aromatic carbocycles. The van der Waals surface area contributed by atoms with E-state index in [1.165, 1.54) is 18.6 Å². The number of rotatable bonds is 0. The van der Waals surface area contributed by atoms with Gasteiger partial charge in [0.15, 0.2) is 0 Å². The zero-order valence-electron chi connectivity index (χ0n) is 6.75. The molecule has 3 unspecified atom stereocenters. The Morgan fingerprint density at radius 3 is 3.18 bits per heavy atom. The molecule has 1 saturated carbocycles. The highest BCUT2D eigenvalue weighted by atomic mass is 32.2. The van der Waals surface area contributed by atoms with E-state index in [2.05, 4.69) is 6.92 Å². The van der Waals surface area contributed by atoms with Crippen LogP contribution in [0.1, 0.15) is 26.2 Å². The van der Waals surface area contributed by atoms with Gasteiger partial charge in [-0.15, -0.1) is 11.8 Å². The molecule has 3 atom stereocenters. The molecular formula is C8H14OS2. The average Bonchev–Trinajstić information content (AvgIpc) is 2.28. The minimum absolute atomic E-state index is 0.359. The molecule has 0 spiro atoms. The van der Waals surface area contributed by atoms with Gasteiger partial charge in [-0.3, -0.25) is 0 Å². The molecule has 2 aliphatic rings. The maximum Gasteiger partial charge on any atom is 0.122 e. The van der Waals surface area contributed by atoms with E-state index in [1.807, 2.05) is 11.8 Å². The molecule has 2 fully saturated rings. The van der Waals surface area contributed by atoms with Crippen LogP contribution in [0.4, 0.5) is 0 Å². The van der Waals surface area contributed by atoms with Crippen molar-refractivity contribution < 1.29 is 5.11 Å². The van der Waals surface area contributed by atoms with Gasteiger partial charge in [-0.25, -0.2) is 0 Å². The molecule has 1 aliphatic heterocycles. The van der Waals surface area contributed by atoms with Crippen molar-refractivity contribution in [2.45, 2.75) is 41.6 Å². The second kappa shape index (κ2) is 2.86. The van der Waals surface area contributed by atoms with E-state index in [4.69, 9.17) is 0 Å². The normalized spacial score (nSPS) is 50.7. The summed E-state index contributed by atoms with van der Waals surface area (Å²) in [6, 6.07) is 0. The summed E-state index contributed by atoms with van der Waals surface area (Å²) in [7, 11) is 0. The molecule has 64 valence electrons. The van der Waals surface area contributed by atoms with E-state index in [0.717, 1.165) is 6.42 Å². The summed E-state index contributed by atoms with van der Waals surface area (Å²) >= 11 is 3.76. The number of aliphatic hydroxyl groups is 1. The summed E-state index contributed by atoms with van der Waals surface area (Å²) in [6.45, 7) is 2.21. The minimum Gasteiger partial charge on any atom is -0.378 e. The smallest absolute Gasteiger partial charge is 0.122 e. The first-order valence-electron chi connectivity index (χ1n) is 4.22. The van der Waals surface area contributed by atoms with Gasteiger partial charge < -0.3 is 5.11 Å². The highest BCUT2D eigenvalue weighted by molar-refractivity contribution is 8.07. The van der Waals surface area contributed by atoms with Gasteiger partial charge >= 0.3 is 0 Å². The first-order chi connectivity index (χ1) is 5.21. The third-order valence-electron chi connectivity index (χ3n) is 2.44. The molecule has 11 heavy (non-hydrogen) atoms. The van der Waals surface area contributed by atoms with Crippen LogP contribution >= 0.6 is 23.5 Å². The van der Waals surface area contributed by atoms with Crippen molar-refractivity contribution in [2.24, 2.45) is 0 Å². The Balaban J connectivity index is 2.10. The lowest BCUT2D eigenvalue weighted by atomic mass is 10.3. The molecule has 1 saturated heterocycles. The fourth-order valence-corrected chi connectivity index (χ4v) is 5.23. The Labute approximate surface area is 76.3 Å². The average molecular weight is 190 g/mol. The van der Waals surface area contributed by atoms with Crippen LogP contribution in [0, 0.1) is 0 Å². The first kappa shape index (κ1) is 8.27. The first-order valence-corrected chi connectivity index (χ1v) is 6.15. The minimum atomic E-state index is -0.359. The Morgan fingerprint density at radius 2 is 2.36 bits per heavy atom. The number of thioether (sulfide) groups is 2. The van der Waals surface area contributed by atoms with Crippen LogP contribution in [0.5, 0.6) is 0 Å². The Bertz CT molecular complexity index is 162. The van der Waals surface area contributed by atoms with Gasteiger partial charge in [-0.2, -0.15) is 11.8 Å².